The predicted molar refractivity (Wildman–Crippen MR) is 82.5 cm³/mol. The van der Waals surface area contributed by atoms with Gasteiger partial charge in [-0.1, -0.05) is 23.7 Å². The minimum Gasteiger partial charge on any atom is -0.381 e. The summed E-state index contributed by atoms with van der Waals surface area (Å²) in [5.41, 5.74) is 0.575. The van der Waals surface area contributed by atoms with Crippen LogP contribution in [-0.2, 0) is 19.9 Å². The smallest absolute Gasteiger partial charge is 0.243 e. The van der Waals surface area contributed by atoms with E-state index in [1.54, 1.807) is 0 Å². The van der Waals surface area contributed by atoms with Crippen LogP contribution in [0.3, 0.4) is 0 Å². The van der Waals surface area contributed by atoms with E-state index in [9.17, 15) is 9.59 Å². The Kier molecular flexibility index (Phi) is 4.36. The molecule has 1 aromatic rings. The molecule has 3 rings (SSSR count). The van der Waals surface area contributed by atoms with Gasteiger partial charge in [-0.15, -0.1) is 0 Å². The first-order chi connectivity index (χ1) is 10.6. The third kappa shape index (κ3) is 3.10. The Hall–Kier alpha value is -1.59. The van der Waals surface area contributed by atoms with E-state index in [4.69, 9.17) is 16.3 Å². The number of rotatable bonds is 3. The molecule has 6 heteroatoms. The number of ether oxygens (including phenoxy) is 1. The average Bonchev–Trinajstić information content (AvgIpc) is 2.95. The maximum absolute atomic E-state index is 12.5. The zero-order chi connectivity index (χ0) is 15.6. The fraction of sp³-hybridized carbons (Fsp3) is 0.500. The molecule has 2 fully saturated rings. The average molecular weight is 323 g/mol. The Morgan fingerprint density at radius 2 is 1.95 bits per heavy atom. The number of carbonyl (C=O) groups is 2. The van der Waals surface area contributed by atoms with E-state index in [-0.39, 0.29) is 11.8 Å². The van der Waals surface area contributed by atoms with Crippen LogP contribution in [-0.4, -0.2) is 31.1 Å². The normalized spacial score (nSPS) is 23.9. The molecule has 2 aliphatic heterocycles. The van der Waals surface area contributed by atoms with Crippen molar-refractivity contribution in [2.75, 3.05) is 13.2 Å². The minimum atomic E-state index is -0.451. The Morgan fingerprint density at radius 3 is 2.55 bits per heavy atom. The molecule has 5 nitrogen and oxygen atoms in total. The second-order valence-electron chi connectivity index (χ2n) is 5.85. The summed E-state index contributed by atoms with van der Waals surface area (Å²) in [6, 6.07) is 7.12. The van der Waals surface area contributed by atoms with Gasteiger partial charge >= 0.3 is 0 Å². The van der Waals surface area contributed by atoms with Crippen LogP contribution >= 0.6 is 11.6 Å². The molecule has 118 valence electrons. The van der Waals surface area contributed by atoms with Crippen molar-refractivity contribution in [3.63, 3.8) is 0 Å². The number of carbonyl (C=O) groups excluding carboxylic acids is 2. The number of hydrogen-bond donors (Lipinski definition) is 2. The molecule has 0 radical (unpaired) electrons. The van der Waals surface area contributed by atoms with Gasteiger partial charge in [-0.3, -0.25) is 9.59 Å². The van der Waals surface area contributed by atoms with Crippen LogP contribution in [0.5, 0.6) is 0 Å². The van der Waals surface area contributed by atoms with Crippen molar-refractivity contribution in [2.45, 2.75) is 37.3 Å². The van der Waals surface area contributed by atoms with Crippen molar-refractivity contribution in [1.82, 2.24) is 10.6 Å². The van der Waals surface area contributed by atoms with Crippen molar-refractivity contribution in [1.29, 1.82) is 0 Å². The van der Waals surface area contributed by atoms with Crippen molar-refractivity contribution in [2.24, 2.45) is 0 Å². The van der Waals surface area contributed by atoms with E-state index in [0.29, 0.717) is 43.9 Å². The molecule has 0 aromatic heterocycles. The van der Waals surface area contributed by atoms with Crippen LogP contribution in [0.25, 0.3) is 0 Å². The van der Waals surface area contributed by atoms with Crippen LogP contribution in [0.1, 0.15) is 31.2 Å². The van der Waals surface area contributed by atoms with Gasteiger partial charge in [0.2, 0.25) is 11.8 Å². The predicted octanol–water partition coefficient (Wildman–Crippen LogP) is 1.74. The first kappa shape index (κ1) is 15.3. The maximum atomic E-state index is 12.5. The van der Waals surface area contributed by atoms with Crippen LogP contribution in [0, 0.1) is 0 Å². The molecule has 2 amide bonds. The van der Waals surface area contributed by atoms with E-state index in [1.165, 1.54) is 0 Å². The summed E-state index contributed by atoms with van der Waals surface area (Å²) in [7, 11) is 0. The molecular weight excluding hydrogens is 304 g/mol. The highest BCUT2D eigenvalue weighted by molar-refractivity contribution is 6.30. The van der Waals surface area contributed by atoms with Gasteiger partial charge in [0.25, 0.3) is 0 Å². The van der Waals surface area contributed by atoms with Gasteiger partial charge in [0.05, 0.1) is 5.54 Å². The summed E-state index contributed by atoms with van der Waals surface area (Å²) in [5, 5.41) is 6.54. The summed E-state index contributed by atoms with van der Waals surface area (Å²) in [6.07, 6.45) is 2.38. The molecule has 0 bridgehead atoms. The number of hydrogen-bond acceptors (Lipinski definition) is 3. The van der Waals surface area contributed by atoms with E-state index in [2.05, 4.69) is 10.6 Å². The zero-order valence-corrected chi connectivity index (χ0v) is 13.0. The standard InChI is InChI=1S/C16H19ClN2O3/c17-12-3-1-11(2-4-12)16(7-9-22-10-8-16)19-15(21)13-5-6-14(20)18-13/h1-4,13H,5-10H2,(H,18,20)(H,19,21)/t13-/m0/s1. The highest BCUT2D eigenvalue weighted by Crippen LogP contribution is 2.33. The molecule has 2 saturated heterocycles. The van der Waals surface area contributed by atoms with Crippen LogP contribution in [0.15, 0.2) is 24.3 Å². The second kappa shape index (κ2) is 6.26. The van der Waals surface area contributed by atoms with E-state index >= 15 is 0 Å². The van der Waals surface area contributed by atoms with Crippen molar-refractivity contribution in [3.05, 3.63) is 34.9 Å². The third-order valence-electron chi connectivity index (χ3n) is 4.42. The van der Waals surface area contributed by atoms with Crippen molar-refractivity contribution < 1.29 is 14.3 Å². The summed E-state index contributed by atoms with van der Waals surface area (Å²) in [6.45, 7) is 1.19. The Balaban J connectivity index is 1.81. The molecule has 2 N–H and O–H groups in total. The fourth-order valence-electron chi connectivity index (χ4n) is 3.11. The summed E-state index contributed by atoms with van der Waals surface area (Å²) in [4.78, 5) is 23.8. The van der Waals surface area contributed by atoms with Gasteiger partial charge in [0.1, 0.15) is 6.04 Å². The van der Waals surface area contributed by atoms with Crippen LogP contribution < -0.4 is 10.6 Å². The van der Waals surface area contributed by atoms with Crippen LogP contribution in [0.4, 0.5) is 0 Å². The van der Waals surface area contributed by atoms with Crippen molar-refractivity contribution in [3.8, 4) is 0 Å². The number of halogens is 1. The fourth-order valence-corrected chi connectivity index (χ4v) is 3.23. The molecule has 0 unspecified atom stereocenters. The topological polar surface area (TPSA) is 67.4 Å². The monoisotopic (exact) mass is 322 g/mol. The molecule has 0 aliphatic carbocycles. The van der Waals surface area contributed by atoms with Crippen LogP contribution in [0.2, 0.25) is 5.02 Å². The third-order valence-corrected chi connectivity index (χ3v) is 4.67. The molecular formula is C16H19ClN2O3. The molecule has 1 atom stereocenters. The highest BCUT2D eigenvalue weighted by Gasteiger charge is 2.38. The van der Waals surface area contributed by atoms with E-state index in [0.717, 1.165) is 5.56 Å². The highest BCUT2D eigenvalue weighted by atomic mass is 35.5. The minimum absolute atomic E-state index is 0.0623. The first-order valence-corrected chi connectivity index (χ1v) is 7.92. The number of amides is 2. The Bertz CT molecular complexity index is 567. The lowest BCUT2D eigenvalue weighted by molar-refractivity contribution is -0.128. The molecule has 22 heavy (non-hydrogen) atoms. The van der Waals surface area contributed by atoms with Gasteiger partial charge in [0.15, 0.2) is 0 Å². The molecule has 1 aromatic carbocycles. The number of benzene rings is 1. The molecule has 2 heterocycles. The molecule has 0 saturated carbocycles. The summed E-state index contributed by atoms with van der Waals surface area (Å²) < 4.78 is 5.45. The summed E-state index contributed by atoms with van der Waals surface area (Å²) >= 11 is 5.96. The van der Waals surface area contributed by atoms with Gasteiger partial charge in [-0.25, -0.2) is 0 Å². The Morgan fingerprint density at radius 1 is 1.27 bits per heavy atom. The first-order valence-electron chi connectivity index (χ1n) is 7.54. The lowest BCUT2D eigenvalue weighted by Gasteiger charge is -2.39. The lowest BCUT2D eigenvalue weighted by atomic mass is 9.82. The summed E-state index contributed by atoms with van der Waals surface area (Å²) in [5.74, 6) is -0.185. The molecule has 0 spiro atoms. The quantitative estimate of drug-likeness (QED) is 0.890. The second-order valence-corrected chi connectivity index (χ2v) is 6.29. The SMILES string of the molecule is O=C1CC[C@@H](C(=O)NC2(c3ccc(Cl)cc3)CCOCC2)N1. The number of nitrogens with one attached hydrogen (secondary N) is 2. The largest absolute Gasteiger partial charge is 0.381 e. The van der Waals surface area contributed by atoms with Gasteiger partial charge in [-0.2, -0.15) is 0 Å². The van der Waals surface area contributed by atoms with E-state index in [1.807, 2.05) is 24.3 Å². The van der Waals surface area contributed by atoms with Gasteiger partial charge in [0, 0.05) is 24.7 Å². The zero-order valence-electron chi connectivity index (χ0n) is 12.2. The van der Waals surface area contributed by atoms with Crippen molar-refractivity contribution >= 4 is 23.4 Å². The lowest BCUT2D eigenvalue weighted by Crippen LogP contribution is -2.54. The Labute approximate surface area is 134 Å². The molecule has 2 aliphatic rings. The van der Waals surface area contributed by atoms with Gasteiger partial charge < -0.3 is 15.4 Å². The maximum Gasteiger partial charge on any atom is 0.243 e. The van der Waals surface area contributed by atoms with E-state index < -0.39 is 11.6 Å². The van der Waals surface area contributed by atoms with Gasteiger partial charge in [-0.05, 0) is 37.0 Å².